The van der Waals surface area contributed by atoms with Gasteiger partial charge in [-0.25, -0.2) is 4.39 Å². The van der Waals surface area contributed by atoms with Gasteiger partial charge in [0.15, 0.2) is 11.6 Å². The second-order valence-corrected chi connectivity index (χ2v) is 5.88. The van der Waals surface area contributed by atoms with Gasteiger partial charge in [-0.1, -0.05) is 12.1 Å². The van der Waals surface area contributed by atoms with E-state index in [1.807, 2.05) is 0 Å². The molecule has 0 spiro atoms. The predicted molar refractivity (Wildman–Crippen MR) is 70.8 cm³/mol. The van der Waals surface area contributed by atoms with Gasteiger partial charge in [-0.05, 0) is 37.3 Å². The molecule has 2 heterocycles. The molecule has 0 aliphatic carbocycles. The summed E-state index contributed by atoms with van der Waals surface area (Å²) in [4.78, 5) is 0. The summed E-state index contributed by atoms with van der Waals surface area (Å²) in [5.74, 6) is -0.0951. The van der Waals surface area contributed by atoms with Crippen LogP contribution in [0.5, 0.6) is 5.75 Å². The van der Waals surface area contributed by atoms with Gasteiger partial charge in [0.1, 0.15) is 0 Å². The molecule has 3 nitrogen and oxygen atoms in total. The first kappa shape index (κ1) is 12.9. The number of rotatable bonds is 3. The molecule has 2 bridgehead atoms. The molecule has 2 saturated heterocycles. The van der Waals surface area contributed by atoms with Crippen molar-refractivity contribution in [2.45, 2.75) is 49.8 Å². The Morgan fingerprint density at radius 1 is 1.37 bits per heavy atom. The van der Waals surface area contributed by atoms with Gasteiger partial charge >= 0.3 is 0 Å². The smallest absolute Gasteiger partial charge is 0.168 e. The summed E-state index contributed by atoms with van der Waals surface area (Å²) in [6.07, 6.45) is 4.02. The minimum atomic E-state index is -0.787. The Morgan fingerprint density at radius 2 is 2.05 bits per heavy atom. The van der Waals surface area contributed by atoms with E-state index in [-0.39, 0.29) is 11.6 Å². The fraction of sp³-hybridized carbons (Fsp3) is 0.600. The van der Waals surface area contributed by atoms with E-state index >= 15 is 0 Å². The van der Waals surface area contributed by atoms with Crippen molar-refractivity contribution in [1.82, 2.24) is 5.32 Å². The van der Waals surface area contributed by atoms with E-state index in [9.17, 15) is 9.50 Å². The van der Waals surface area contributed by atoms with E-state index in [2.05, 4.69) is 5.32 Å². The molecule has 1 aromatic rings. The monoisotopic (exact) mass is 265 g/mol. The van der Waals surface area contributed by atoms with Crippen LogP contribution in [-0.4, -0.2) is 29.9 Å². The summed E-state index contributed by atoms with van der Waals surface area (Å²) < 4.78 is 19.1. The quantitative estimate of drug-likeness (QED) is 0.878. The van der Waals surface area contributed by atoms with Gasteiger partial charge in [0, 0.05) is 18.5 Å². The summed E-state index contributed by atoms with van der Waals surface area (Å²) in [6, 6.07) is 5.89. The normalized spacial score (nSPS) is 33.4. The molecule has 0 aromatic heterocycles. The number of methoxy groups -OCH3 is 1. The maximum atomic E-state index is 14.2. The first-order valence-electron chi connectivity index (χ1n) is 6.89. The van der Waals surface area contributed by atoms with Crippen LogP contribution in [0, 0.1) is 5.82 Å². The van der Waals surface area contributed by atoms with Crippen LogP contribution < -0.4 is 10.1 Å². The van der Waals surface area contributed by atoms with E-state index < -0.39 is 5.60 Å². The molecular weight excluding hydrogens is 245 g/mol. The third-order valence-corrected chi connectivity index (χ3v) is 4.37. The largest absolute Gasteiger partial charge is 0.494 e. The molecule has 1 aromatic carbocycles. The first-order valence-corrected chi connectivity index (χ1v) is 6.89. The van der Waals surface area contributed by atoms with Crippen molar-refractivity contribution in [2.75, 3.05) is 7.11 Å². The number of ether oxygens (including phenoxy) is 1. The molecule has 2 fully saturated rings. The number of hydrogen-bond donors (Lipinski definition) is 2. The van der Waals surface area contributed by atoms with Crippen LogP contribution in [0.25, 0.3) is 0 Å². The number of benzene rings is 1. The van der Waals surface area contributed by atoms with Crippen LogP contribution >= 0.6 is 0 Å². The molecule has 0 amide bonds. The first-order chi connectivity index (χ1) is 9.09. The number of aliphatic hydroxyl groups is 1. The Balaban J connectivity index is 1.81. The molecule has 2 aliphatic heterocycles. The third kappa shape index (κ3) is 2.47. The Morgan fingerprint density at radius 3 is 2.68 bits per heavy atom. The molecule has 104 valence electrons. The number of nitrogens with one attached hydrogen (secondary N) is 1. The molecule has 0 saturated carbocycles. The Bertz CT molecular complexity index is 465. The van der Waals surface area contributed by atoms with E-state index in [0.29, 0.717) is 36.9 Å². The number of piperidine rings is 1. The van der Waals surface area contributed by atoms with Crippen LogP contribution in [0.2, 0.25) is 0 Å². The van der Waals surface area contributed by atoms with Gasteiger partial charge in [0.05, 0.1) is 12.7 Å². The molecule has 2 atom stereocenters. The third-order valence-electron chi connectivity index (χ3n) is 4.37. The number of fused-ring (bicyclic) bond motifs is 2. The van der Waals surface area contributed by atoms with Crippen LogP contribution in [0.4, 0.5) is 4.39 Å². The Hall–Kier alpha value is -1.13. The molecule has 0 radical (unpaired) electrons. The van der Waals surface area contributed by atoms with E-state index in [4.69, 9.17) is 4.74 Å². The maximum Gasteiger partial charge on any atom is 0.168 e. The van der Waals surface area contributed by atoms with Crippen molar-refractivity contribution in [3.63, 3.8) is 0 Å². The summed E-state index contributed by atoms with van der Waals surface area (Å²) in [5.41, 5.74) is -0.243. The second kappa shape index (κ2) is 4.76. The van der Waals surface area contributed by atoms with Gasteiger partial charge in [-0.15, -0.1) is 0 Å². The van der Waals surface area contributed by atoms with E-state index in [1.165, 1.54) is 7.11 Å². The Labute approximate surface area is 112 Å². The minimum Gasteiger partial charge on any atom is -0.494 e. The summed E-state index contributed by atoms with van der Waals surface area (Å²) in [7, 11) is 1.46. The van der Waals surface area contributed by atoms with Crippen molar-refractivity contribution < 1.29 is 14.2 Å². The molecule has 3 rings (SSSR count). The second-order valence-electron chi connectivity index (χ2n) is 5.88. The van der Waals surface area contributed by atoms with Crippen molar-refractivity contribution in [1.29, 1.82) is 0 Å². The lowest BCUT2D eigenvalue weighted by Crippen LogP contribution is -2.49. The zero-order chi connectivity index (χ0) is 13.5. The SMILES string of the molecule is COc1cccc(CC2(O)CC3CCC(C2)N3)c1F. The summed E-state index contributed by atoms with van der Waals surface area (Å²) in [5, 5.41) is 14.2. The average Bonchev–Trinajstić information content (AvgIpc) is 2.72. The fourth-order valence-electron chi connectivity index (χ4n) is 3.57. The zero-order valence-corrected chi connectivity index (χ0v) is 11.2. The van der Waals surface area contributed by atoms with E-state index in [0.717, 1.165) is 12.8 Å². The van der Waals surface area contributed by atoms with Crippen molar-refractivity contribution in [3.05, 3.63) is 29.6 Å². The molecule has 4 heteroatoms. The van der Waals surface area contributed by atoms with Gasteiger partial charge in [-0.2, -0.15) is 0 Å². The van der Waals surface area contributed by atoms with Crippen molar-refractivity contribution in [3.8, 4) is 5.75 Å². The summed E-state index contributed by atoms with van der Waals surface area (Å²) >= 11 is 0. The summed E-state index contributed by atoms with van der Waals surface area (Å²) in [6.45, 7) is 0. The maximum absolute atomic E-state index is 14.2. The minimum absolute atomic E-state index is 0.248. The van der Waals surface area contributed by atoms with Gasteiger partial charge < -0.3 is 15.2 Å². The van der Waals surface area contributed by atoms with Crippen LogP contribution in [-0.2, 0) is 6.42 Å². The topological polar surface area (TPSA) is 41.5 Å². The van der Waals surface area contributed by atoms with Gasteiger partial charge in [0.25, 0.3) is 0 Å². The average molecular weight is 265 g/mol. The van der Waals surface area contributed by atoms with Crippen LogP contribution in [0.15, 0.2) is 18.2 Å². The van der Waals surface area contributed by atoms with Crippen molar-refractivity contribution in [2.24, 2.45) is 0 Å². The van der Waals surface area contributed by atoms with Gasteiger partial charge in [-0.3, -0.25) is 0 Å². The van der Waals surface area contributed by atoms with Gasteiger partial charge in [0.2, 0.25) is 0 Å². The highest BCUT2D eigenvalue weighted by atomic mass is 19.1. The molecule has 19 heavy (non-hydrogen) atoms. The highest BCUT2D eigenvalue weighted by Crippen LogP contribution is 2.37. The fourth-order valence-corrected chi connectivity index (χ4v) is 3.57. The molecule has 2 unspecified atom stereocenters. The Kier molecular flexibility index (Phi) is 3.23. The lowest BCUT2D eigenvalue weighted by atomic mass is 9.82. The van der Waals surface area contributed by atoms with E-state index in [1.54, 1.807) is 18.2 Å². The van der Waals surface area contributed by atoms with Crippen molar-refractivity contribution >= 4 is 0 Å². The number of halogens is 1. The highest BCUT2D eigenvalue weighted by Gasteiger charge is 2.42. The lowest BCUT2D eigenvalue weighted by Gasteiger charge is -2.37. The molecule has 2 N–H and O–H groups in total. The molecule has 2 aliphatic rings. The lowest BCUT2D eigenvalue weighted by molar-refractivity contribution is -0.00679. The van der Waals surface area contributed by atoms with Crippen LogP contribution in [0.1, 0.15) is 31.2 Å². The standard InChI is InChI=1S/C15H20FNO2/c1-19-13-4-2-3-10(14(13)16)7-15(18)8-11-5-6-12(9-15)17-11/h2-4,11-12,17-18H,5-9H2,1H3. The zero-order valence-electron chi connectivity index (χ0n) is 11.2. The highest BCUT2D eigenvalue weighted by molar-refractivity contribution is 5.32. The molecular formula is C15H20FNO2. The number of hydrogen-bond acceptors (Lipinski definition) is 3. The predicted octanol–water partition coefficient (Wildman–Crippen LogP) is 2.02. The van der Waals surface area contributed by atoms with Crippen LogP contribution in [0.3, 0.4) is 0 Å².